The van der Waals surface area contributed by atoms with E-state index < -0.39 is 90.7 Å². The number of nitrogens with one attached hydrogen (secondary N) is 2. The summed E-state index contributed by atoms with van der Waals surface area (Å²) in [5.41, 5.74) is 4.23. The van der Waals surface area contributed by atoms with Crippen LogP contribution in [-0.4, -0.2) is 134 Å². The second-order valence-corrected chi connectivity index (χ2v) is 17.7. The fraction of sp³-hybridized carbons (Fsp3) is 0.680. The summed E-state index contributed by atoms with van der Waals surface area (Å²) >= 11 is 0.939. The van der Waals surface area contributed by atoms with Crippen molar-refractivity contribution in [3.8, 4) is 0 Å². The van der Waals surface area contributed by atoms with Crippen molar-refractivity contribution >= 4 is 69.1 Å². The van der Waals surface area contributed by atoms with E-state index in [4.69, 9.17) is 19.5 Å². The second kappa shape index (κ2) is 19.1. The number of carbonyl (C=O) groups is 3. The number of ether oxygens (including phenoxy) is 1. The first-order valence-electron chi connectivity index (χ1n) is 15.6. The third-order valence-electron chi connectivity index (χ3n) is 7.23. The van der Waals surface area contributed by atoms with Crippen molar-refractivity contribution in [1.29, 1.82) is 0 Å². The Labute approximate surface area is 310 Å². The minimum atomic E-state index is -5.57. The fourth-order valence-corrected chi connectivity index (χ4v) is 8.22. The Morgan fingerprint density at radius 3 is 2.37 bits per heavy atom. The molecule has 3 heterocycles. The first-order chi connectivity index (χ1) is 24.9. The van der Waals surface area contributed by atoms with E-state index in [2.05, 4.69) is 34.4 Å². The highest BCUT2D eigenvalue weighted by Crippen LogP contribution is 2.61. The van der Waals surface area contributed by atoms with Crippen molar-refractivity contribution < 1.29 is 85.6 Å². The Bertz CT molecular complexity index is 1780. The summed E-state index contributed by atoms with van der Waals surface area (Å²) in [6.45, 7) is 1.83. The molecule has 0 saturated carbocycles. The van der Waals surface area contributed by atoms with Gasteiger partial charge in [0.15, 0.2) is 22.8 Å². The zero-order chi connectivity index (χ0) is 40.6. The number of nitrogen functional groups attached to an aromatic ring is 1. The molecule has 1 aliphatic rings. The molecule has 0 bridgehead atoms. The predicted molar refractivity (Wildman–Crippen MR) is 183 cm³/mol. The number of imidazole rings is 1. The molecule has 0 aromatic carbocycles. The smallest absolute Gasteiger partial charge is 0.393 e. The Morgan fingerprint density at radius 1 is 1.06 bits per heavy atom. The lowest BCUT2D eigenvalue weighted by molar-refractivity contribution is -0.137. The van der Waals surface area contributed by atoms with Gasteiger partial charge in [0.1, 0.15) is 36.3 Å². The maximum Gasteiger partial charge on any atom is 0.481 e. The van der Waals surface area contributed by atoms with Crippen LogP contribution >= 0.6 is 35.2 Å². The highest BCUT2D eigenvalue weighted by molar-refractivity contribution is 8.13. The van der Waals surface area contributed by atoms with Crippen molar-refractivity contribution in [1.82, 2.24) is 30.2 Å². The van der Waals surface area contributed by atoms with Crippen LogP contribution < -0.4 is 16.4 Å². The van der Waals surface area contributed by atoms with Crippen molar-refractivity contribution in [2.24, 2.45) is 5.41 Å². The molecule has 29 heteroatoms. The number of nitrogens with zero attached hydrogens (tertiary/aromatic N) is 4. The summed E-state index contributed by atoms with van der Waals surface area (Å²) in [4.78, 5) is 86.9. The van der Waals surface area contributed by atoms with E-state index >= 15 is 0 Å². The van der Waals surface area contributed by atoms with Crippen molar-refractivity contribution in [2.45, 2.75) is 70.4 Å². The molecule has 3 unspecified atom stereocenters. The minimum absolute atomic E-state index is 0.0259. The zero-order valence-corrected chi connectivity index (χ0v) is 32.3. The Kier molecular flexibility index (Phi) is 16.2. The topological polar surface area (TPSA) is 384 Å². The standard InChI is InChI=1S/C25H42N7O18P3S/c1-13(33)8-16(35)54-7-6-27-15(34)4-5-28-23(38)20(37)25(2,3)10-47-53(44,45)50-52(42,43)46-9-14-19(49-51(39,40)41)18(36)24(48-14)32-12-31-17-21(26)29-11-30-22(17)32/h11-14,18-20,24,33,36-37H,4-10H2,1-3H3,(H,27,34)(H,28,38)(H,42,43)(H,44,45)(H2,26,29,30)(H2,39,40,41)/t13?,14-,18-,19-,20+,24-/m1/s1/i1+1,8+1,13+1,16+1. The summed E-state index contributed by atoms with van der Waals surface area (Å²) in [5, 5.41) is 35.2. The molecule has 54 heavy (non-hydrogen) atoms. The van der Waals surface area contributed by atoms with Gasteiger partial charge in [0.2, 0.25) is 11.8 Å². The van der Waals surface area contributed by atoms with Gasteiger partial charge in [-0.15, -0.1) is 0 Å². The van der Waals surface area contributed by atoms with E-state index in [1.165, 1.54) is 20.8 Å². The van der Waals surface area contributed by atoms with Gasteiger partial charge in [-0.05, 0) is 6.92 Å². The van der Waals surface area contributed by atoms with Gasteiger partial charge < -0.3 is 56.0 Å². The first kappa shape index (κ1) is 45.9. The van der Waals surface area contributed by atoms with Gasteiger partial charge in [-0.3, -0.25) is 32.5 Å². The van der Waals surface area contributed by atoms with E-state index in [0.717, 1.165) is 29.0 Å². The number of amides is 2. The highest BCUT2D eigenvalue weighted by atomic mass is 32.2. The number of aliphatic hydroxyl groups is 3. The molecule has 11 N–H and O–H groups in total. The SMILES string of the molecule is CC(C)(COP(=O)(O)OP(=O)(O)OC[C@H]1O[C@@H](n2cnc3c(N)ncnc32)[C@H](O)[C@@H]1OP(=O)(O)O)[C@@H](O)C(=O)NCCC(=O)NCCS[13C](=O)[13CH2][13CH]([13CH3])O. The molecular weight excluding hydrogens is 815 g/mol. The molecule has 8 atom stereocenters. The lowest BCUT2D eigenvalue weighted by Gasteiger charge is -2.30. The molecule has 1 fully saturated rings. The number of aromatic nitrogens is 4. The maximum absolute atomic E-state index is 12.6. The van der Waals surface area contributed by atoms with Crippen LogP contribution in [0.2, 0.25) is 0 Å². The maximum atomic E-state index is 12.6. The number of fused-ring (bicyclic) bond motifs is 1. The molecule has 0 radical (unpaired) electrons. The summed E-state index contributed by atoms with van der Waals surface area (Å²) in [5.74, 6) is -1.25. The van der Waals surface area contributed by atoms with E-state index in [-0.39, 0.29) is 53.8 Å². The number of anilines is 1. The number of phosphoric acid groups is 3. The van der Waals surface area contributed by atoms with E-state index in [9.17, 15) is 63.0 Å². The molecule has 2 aromatic rings. The van der Waals surface area contributed by atoms with Crippen LogP contribution in [0.5, 0.6) is 0 Å². The van der Waals surface area contributed by atoms with Crippen molar-refractivity contribution in [2.75, 3.05) is 37.8 Å². The van der Waals surface area contributed by atoms with Gasteiger partial charge in [-0.25, -0.2) is 28.6 Å². The molecule has 0 aliphatic carbocycles. The van der Waals surface area contributed by atoms with Crippen molar-refractivity contribution in [3.05, 3.63) is 12.7 Å². The van der Waals surface area contributed by atoms with E-state index in [1.807, 2.05) is 0 Å². The predicted octanol–water partition coefficient (Wildman–Crippen LogP) is -1.56. The molecule has 1 saturated heterocycles. The van der Waals surface area contributed by atoms with Crippen LogP contribution in [-0.2, 0) is 50.7 Å². The van der Waals surface area contributed by atoms with Crippen LogP contribution in [0.25, 0.3) is 11.2 Å². The minimum Gasteiger partial charge on any atom is -0.393 e. The Balaban J connectivity index is 1.51. The van der Waals surface area contributed by atoms with Gasteiger partial charge in [0.05, 0.1) is 25.6 Å². The molecule has 2 amide bonds. The third kappa shape index (κ3) is 13.9. The first-order valence-corrected chi connectivity index (χ1v) is 21.1. The molecular formula is C25H42N7O18P3S. The average Bonchev–Trinajstić information content (AvgIpc) is 3.60. The number of hydrogen-bond donors (Lipinski definition) is 10. The molecule has 3 rings (SSSR count). The van der Waals surface area contributed by atoms with E-state index in [0.29, 0.717) is 0 Å². The monoisotopic (exact) mass is 857 g/mol. The van der Waals surface area contributed by atoms with Gasteiger partial charge in [0.25, 0.3) is 0 Å². The van der Waals surface area contributed by atoms with Crippen LogP contribution in [0.3, 0.4) is 0 Å². The summed E-state index contributed by atoms with van der Waals surface area (Å²) in [6.07, 6.45) is -7.79. The summed E-state index contributed by atoms with van der Waals surface area (Å²) in [7, 11) is -16.4. The quantitative estimate of drug-likeness (QED) is 0.0385. The number of aliphatic hydroxyl groups excluding tert-OH is 3. The zero-order valence-electron chi connectivity index (χ0n) is 28.8. The number of thioether (sulfide) groups is 1. The van der Waals surface area contributed by atoms with Crippen LogP contribution in [0.15, 0.2) is 12.7 Å². The Morgan fingerprint density at radius 2 is 1.72 bits per heavy atom. The van der Waals surface area contributed by atoms with Crippen LogP contribution in [0, 0.1) is 5.41 Å². The highest BCUT2D eigenvalue weighted by Gasteiger charge is 2.50. The lowest BCUT2D eigenvalue weighted by atomic mass is 9.87. The normalized spacial score (nSPS) is 22.6. The van der Waals surface area contributed by atoms with Gasteiger partial charge >= 0.3 is 23.5 Å². The number of carbonyl (C=O) groups excluding carboxylic acids is 3. The largest absolute Gasteiger partial charge is 0.481 e. The fourth-order valence-electron chi connectivity index (χ4n) is 4.60. The third-order valence-corrected chi connectivity index (χ3v) is 11.2. The Hall–Kier alpha value is -2.48. The van der Waals surface area contributed by atoms with Crippen LogP contribution in [0.1, 0.15) is 39.8 Å². The van der Waals surface area contributed by atoms with Gasteiger partial charge in [-0.2, -0.15) is 4.31 Å². The number of nitrogens with two attached hydrogens (primary N) is 1. The second-order valence-electron chi connectivity index (χ2n) is 12.3. The number of phosphoric ester groups is 3. The van der Waals surface area contributed by atoms with Gasteiger partial charge in [0, 0.05) is 37.1 Å². The molecule has 2 aromatic heterocycles. The lowest BCUT2D eigenvalue weighted by Crippen LogP contribution is -2.46. The molecule has 25 nitrogen and oxygen atoms in total. The molecule has 0 spiro atoms. The van der Waals surface area contributed by atoms with E-state index in [1.54, 1.807) is 0 Å². The van der Waals surface area contributed by atoms with Gasteiger partial charge in [-0.1, -0.05) is 25.6 Å². The number of rotatable bonds is 21. The summed E-state index contributed by atoms with van der Waals surface area (Å²) in [6, 6.07) is 0. The average molecular weight is 858 g/mol. The van der Waals surface area contributed by atoms with Crippen LogP contribution in [0.4, 0.5) is 5.82 Å². The van der Waals surface area contributed by atoms with Crippen molar-refractivity contribution in [3.63, 3.8) is 0 Å². The summed E-state index contributed by atoms with van der Waals surface area (Å²) < 4.78 is 61.9. The number of hydrogen-bond acceptors (Lipinski definition) is 19. The molecule has 306 valence electrons. The molecule has 1 aliphatic heterocycles.